The Kier molecular flexibility index (Phi) is 40.7. The van der Waals surface area contributed by atoms with Gasteiger partial charge in [-0.2, -0.15) is 0 Å². The molecule has 0 atom stereocenters. The number of ether oxygens (including phenoxy) is 4. The van der Waals surface area contributed by atoms with Gasteiger partial charge in [0.1, 0.15) is 24.9 Å². The molecule has 0 unspecified atom stereocenters. The van der Waals surface area contributed by atoms with Crippen LogP contribution >= 0.6 is 0 Å². The molecule has 2 N–H and O–H groups in total. The average molecular weight is 849 g/mol. The lowest BCUT2D eigenvalue weighted by molar-refractivity contribution is -0.150. The summed E-state index contributed by atoms with van der Waals surface area (Å²) in [6.07, 6.45) is 37.6. The SMILES string of the molecule is CCCCCC/C=C\COC(=O)CCCCCCCC(CCCCCCCC(=O)OC/C=C\CCCCCC)OC(=O)CCCNCCCCCCNC(=O)OC(C)(C)C. The van der Waals surface area contributed by atoms with E-state index in [2.05, 4.69) is 36.6 Å². The molecule has 1 amide bonds. The van der Waals surface area contributed by atoms with Crippen molar-refractivity contribution in [3.8, 4) is 0 Å². The maximum absolute atomic E-state index is 12.8. The molecule has 0 aliphatic carbocycles. The lowest BCUT2D eigenvalue weighted by atomic mass is 10.0. The number of nitrogens with one attached hydrogen (secondary N) is 2. The number of hydrogen-bond acceptors (Lipinski definition) is 9. The van der Waals surface area contributed by atoms with Crippen LogP contribution in [0.1, 0.15) is 227 Å². The quantitative estimate of drug-likeness (QED) is 0.0267. The maximum atomic E-state index is 12.8. The van der Waals surface area contributed by atoms with E-state index in [-0.39, 0.29) is 30.1 Å². The summed E-state index contributed by atoms with van der Waals surface area (Å²) < 4.78 is 22.0. The maximum Gasteiger partial charge on any atom is 0.407 e. The molecule has 10 heteroatoms. The van der Waals surface area contributed by atoms with Crippen LogP contribution in [0, 0.1) is 0 Å². The van der Waals surface area contributed by atoms with Gasteiger partial charge in [-0.25, -0.2) is 4.79 Å². The van der Waals surface area contributed by atoms with Crippen molar-refractivity contribution in [2.75, 3.05) is 32.8 Å². The highest BCUT2D eigenvalue weighted by Crippen LogP contribution is 2.18. The second-order valence-electron chi connectivity index (χ2n) is 17.4. The normalized spacial score (nSPS) is 11.8. The lowest BCUT2D eigenvalue weighted by Gasteiger charge is -2.19. The topological polar surface area (TPSA) is 129 Å². The van der Waals surface area contributed by atoms with Crippen molar-refractivity contribution < 1.29 is 38.1 Å². The van der Waals surface area contributed by atoms with Crippen molar-refractivity contribution in [3.63, 3.8) is 0 Å². The Hall–Kier alpha value is -2.88. The Labute approximate surface area is 367 Å². The van der Waals surface area contributed by atoms with Gasteiger partial charge < -0.3 is 29.6 Å². The van der Waals surface area contributed by atoms with Gasteiger partial charge in [-0.15, -0.1) is 0 Å². The van der Waals surface area contributed by atoms with Crippen LogP contribution in [0.25, 0.3) is 0 Å². The Morgan fingerprint density at radius 1 is 0.483 bits per heavy atom. The Balaban J connectivity index is 4.34. The fourth-order valence-electron chi connectivity index (χ4n) is 6.74. The number of alkyl carbamates (subject to hydrolysis) is 1. The van der Waals surface area contributed by atoms with Crippen LogP contribution in [-0.4, -0.2) is 68.6 Å². The molecule has 10 nitrogen and oxygen atoms in total. The zero-order chi connectivity index (χ0) is 44.2. The predicted molar refractivity (Wildman–Crippen MR) is 247 cm³/mol. The smallest absolute Gasteiger partial charge is 0.407 e. The summed E-state index contributed by atoms with van der Waals surface area (Å²) in [6.45, 7) is 13.1. The summed E-state index contributed by atoms with van der Waals surface area (Å²) in [5.74, 6) is -0.356. The highest BCUT2D eigenvalue weighted by Gasteiger charge is 2.16. The Bertz CT molecular complexity index is 1030. The third-order valence-electron chi connectivity index (χ3n) is 10.3. The largest absolute Gasteiger partial charge is 0.462 e. The molecule has 0 bridgehead atoms. The zero-order valence-corrected chi connectivity index (χ0v) is 39.4. The number of carbonyl (C=O) groups is 4. The highest BCUT2D eigenvalue weighted by atomic mass is 16.6. The molecule has 350 valence electrons. The number of rotatable bonds is 42. The van der Waals surface area contributed by atoms with Crippen LogP contribution in [0.15, 0.2) is 24.3 Å². The van der Waals surface area contributed by atoms with Gasteiger partial charge in [-0.05, 0) is 117 Å². The third-order valence-corrected chi connectivity index (χ3v) is 10.3. The molecule has 0 rings (SSSR count). The molecule has 0 saturated carbocycles. The monoisotopic (exact) mass is 849 g/mol. The standard InChI is InChI=1S/C50H92N2O8/c1-6-8-10-12-14-24-32-43-57-46(53)37-28-20-16-18-26-35-45(36-27-19-17-21-29-38-47(54)58-44-33-25-15-13-11-9-7-2)59-48(55)39-34-41-51-40-30-22-23-31-42-52-49(56)60-50(3,4)5/h24-25,32-33,45,51H,6-23,26-31,34-44H2,1-5H3,(H,52,56)/b32-24-,33-25-. The van der Waals surface area contributed by atoms with Gasteiger partial charge in [-0.1, -0.05) is 128 Å². The molecule has 0 aliphatic heterocycles. The second-order valence-corrected chi connectivity index (χ2v) is 17.4. The van der Waals surface area contributed by atoms with E-state index in [0.717, 1.165) is 135 Å². The van der Waals surface area contributed by atoms with E-state index in [1.807, 2.05) is 32.9 Å². The molecule has 0 heterocycles. The van der Waals surface area contributed by atoms with E-state index < -0.39 is 5.60 Å². The van der Waals surface area contributed by atoms with Gasteiger partial charge in [-0.3, -0.25) is 14.4 Å². The molecule has 0 aromatic heterocycles. The van der Waals surface area contributed by atoms with Crippen molar-refractivity contribution in [2.45, 2.75) is 239 Å². The van der Waals surface area contributed by atoms with E-state index in [1.165, 1.54) is 51.4 Å². The van der Waals surface area contributed by atoms with Gasteiger partial charge in [0.15, 0.2) is 0 Å². The molecule has 0 radical (unpaired) electrons. The van der Waals surface area contributed by atoms with E-state index in [9.17, 15) is 19.2 Å². The van der Waals surface area contributed by atoms with E-state index in [4.69, 9.17) is 18.9 Å². The second kappa shape index (κ2) is 42.8. The van der Waals surface area contributed by atoms with Crippen molar-refractivity contribution in [1.29, 1.82) is 0 Å². The van der Waals surface area contributed by atoms with Crippen LogP contribution in [-0.2, 0) is 33.3 Å². The summed E-state index contributed by atoms with van der Waals surface area (Å²) in [4.78, 5) is 48.7. The molecule has 0 aliphatic rings. The zero-order valence-electron chi connectivity index (χ0n) is 39.4. The van der Waals surface area contributed by atoms with E-state index in [1.54, 1.807) is 0 Å². The average Bonchev–Trinajstić information content (AvgIpc) is 3.20. The Morgan fingerprint density at radius 2 is 0.917 bits per heavy atom. The molecule has 0 saturated heterocycles. The first-order valence-electron chi connectivity index (χ1n) is 24.6. The van der Waals surface area contributed by atoms with Crippen molar-refractivity contribution >= 4 is 24.0 Å². The minimum absolute atomic E-state index is 0.0698. The number of amides is 1. The molecular formula is C50H92N2O8. The first kappa shape index (κ1) is 57.1. The Morgan fingerprint density at radius 3 is 1.43 bits per heavy atom. The highest BCUT2D eigenvalue weighted by molar-refractivity contribution is 5.70. The van der Waals surface area contributed by atoms with Crippen LogP contribution in [0.3, 0.4) is 0 Å². The molecule has 0 fully saturated rings. The van der Waals surface area contributed by atoms with E-state index >= 15 is 0 Å². The van der Waals surface area contributed by atoms with Gasteiger partial charge in [0.05, 0.1) is 0 Å². The molecule has 0 aromatic carbocycles. The first-order chi connectivity index (χ1) is 29.1. The van der Waals surface area contributed by atoms with Gasteiger partial charge in [0.25, 0.3) is 0 Å². The van der Waals surface area contributed by atoms with Crippen molar-refractivity contribution in [2.24, 2.45) is 0 Å². The van der Waals surface area contributed by atoms with E-state index in [0.29, 0.717) is 39.0 Å². The third kappa shape index (κ3) is 44.7. The summed E-state index contributed by atoms with van der Waals surface area (Å²) in [7, 11) is 0. The molecule has 0 aromatic rings. The lowest BCUT2D eigenvalue weighted by Crippen LogP contribution is -2.33. The summed E-state index contributed by atoms with van der Waals surface area (Å²) in [6, 6.07) is 0. The fourth-order valence-corrected chi connectivity index (χ4v) is 6.74. The fraction of sp³-hybridized carbons (Fsp3) is 0.840. The van der Waals surface area contributed by atoms with Crippen LogP contribution < -0.4 is 10.6 Å². The number of esters is 3. The predicted octanol–water partition coefficient (Wildman–Crippen LogP) is 13.0. The van der Waals surface area contributed by atoms with Gasteiger partial charge in [0, 0.05) is 25.8 Å². The van der Waals surface area contributed by atoms with Gasteiger partial charge >= 0.3 is 24.0 Å². The number of hydrogen-bond donors (Lipinski definition) is 2. The molecule has 0 spiro atoms. The van der Waals surface area contributed by atoms with Crippen LogP contribution in [0.5, 0.6) is 0 Å². The van der Waals surface area contributed by atoms with Crippen LogP contribution in [0.2, 0.25) is 0 Å². The summed E-state index contributed by atoms with van der Waals surface area (Å²) in [5, 5.41) is 6.25. The summed E-state index contributed by atoms with van der Waals surface area (Å²) in [5.41, 5.74) is -0.480. The van der Waals surface area contributed by atoms with Gasteiger partial charge in [0.2, 0.25) is 0 Å². The number of allylic oxidation sites excluding steroid dienone is 2. The first-order valence-corrected chi connectivity index (χ1v) is 24.6. The molecular weight excluding hydrogens is 757 g/mol. The minimum atomic E-state index is -0.480. The minimum Gasteiger partial charge on any atom is -0.462 e. The van der Waals surface area contributed by atoms with Crippen LogP contribution in [0.4, 0.5) is 4.79 Å². The summed E-state index contributed by atoms with van der Waals surface area (Å²) >= 11 is 0. The van der Waals surface area contributed by atoms with Crippen molar-refractivity contribution in [1.82, 2.24) is 10.6 Å². The number of unbranched alkanes of at least 4 members (excludes halogenated alkanes) is 19. The number of carbonyl (C=O) groups excluding carboxylic acids is 4. The van der Waals surface area contributed by atoms with Crippen molar-refractivity contribution in [3.05, 3.63) is 24.3 Å². The molecule has 60 heavy (non-hydrogen) atoms.